The van der Waals surface area contributed by atoms with E-state index < -0.39 is 0 Å². The van der Waals surface area contributed by atoms with Gasteiger partial charge in [-0.3, -0.25) is 9.10 Å². The van der Waals surface area contributed by atoms with E-state index in [1.165, 1.54) is 4.31 Å². The van der Waals surface area contributed by atoms with Crippen LogP contribution in [0, 0.1) is 0 Å². The normalized spacial score (nSPS) is 9.50. The van der Waals surface area contributed by atoms with Crippen LogP contribution in [0.25, 0.3) is 0 Å². The van der Waals surface area contributed by atoms with Gasteiger partial charge in [0, 0.05) is 20.3 Å². The summed E-state index contributed by atoms with van der Waals surface area (Å²) in [6, 6.07) is 0. The molecule has 0 spiro atoms. The molecule has 0 aliphatic rings. The van der Waals surface area contributed by atoms with Crippen molar-refractivity contribution in [3.05, 3.63) is 0 Å². The molecular weight excluding hydrogens is 170 g/mol. The summed E-state index contributed by atoms with van der Waals surface area (Å²) in [4.78, 5) is 10.4. The van der Waals surface area contributed by atoms with Crippen LogP contribution in [0.2, 0.25) is 0 Å². The smallest absolute Gasteiger partial charge is 0.288 e. The molecule has 0 heterocycles. The van der Waals surface area contributed by atoms with Crippen LogP contribution in [-0.4, -0.2) is 29.8 Å². The SMILES string of the molecule is COCCCN(S)C(=O)S. The lowest BCUT2D eigenvalue weighted by Gasteiger charge is -2.10. The monoisotopic (exact) mass is 181 g/mol. The molecule has 0 N–H and O–H groups in total. The van der Waals surface area contributed by atoms with Gasteiger partial charge >= 0.3 is 0 Å². The summed E-state index contributed by atoms with van der Waals surface area (Å²) in [6.07, 6.45) is 0.784. The van der Waals surface area contributed by atoms with Crippen LogP contribution >= 0.6 is 25.4 Å². The molecule has 0 fully saturated rings. The third kappa shape index (κ3) is 4.96. The molecule has 0 saturated heterocycles. The average molecular weight is 181 g/mol. The maximum absolute atomic E-state index is 10.4. The van der Waals surface area contributed by atoms with Crippen LogP contribution < -0.4 is 0 Å². The molecule has 0 bridgehead atoms. The van der Waals surface area contributed by atoms with Gasteiger partial charge in [0.05, 0.1) is 0 Å². The minimum atomic E-state index is -0.334. The van der Waals surface area contributed by atoms with Crippen molar-refractivity contribution >= 4 is 30.7 Å². The molecule has 3 nitrogen and oxygen atoms in total. The van der Waals surface area contributed by atoms with E-state index in [1.54, 1.807) is 7.11 Å². The highest BCUT2D eigenvalue weighted by Gasteiger charge is 2.01. The molecule has 0 aliphatic heterocycles. The van der Waals surface area contributed by atoms with Gasteiger partial charge < -0.3 is 4.74 Å². The van der Waals surface area contributed by atoms with Crippen molar-refractivity contribution < 1.29 is 9.53 Å². The second kappa shape index (κ2) is 5.88. The molecule has 0 aromatic rings. The predicted octanol–water partition coefficient (Wildman–Crippen LogP) is 1.22. The van der Waals surface area contributed by atoms with Crippen LogP contribution in [0.4, 0.5) is 4.79 Å². The Kier molecular flexibility index (Phi) is 5.96. The summed E-state index contributed by atoms with van der Waals surface area (Å²) in [5.41, 5.74) is 0. The van der Waals surface area contributed by atoms with E-state index in [-0.39, 0.29) is 5.24 Å². The predicted molar refractivity (Wildman–Crippen MR) is 46.6 cm³/mol. The van der Waals surface area contributed by atoms with Crippen molar-refractivity contribution in [1.29, 1.82) is 0 Å². The number of carbonyl (C=O) groups is 1. The Labute approximate surface area is 71.7 Å². The Morgan fingerprint density at radius 2 is 2.30 bits per heavy atom. The Balaban J connectivity index is 3.21. The number of rotatable bonds is 4. The molecular formula is C5H11NO2S2. The third-order valence-corrected chi connectivity index (χ3v) is 1.72. The minimum absolute atomic E-state index is 0.334. The van der Waals surface area contributed by atoms with Gasteiger partial charge in [-0.15, -0.1) is 0 Å². The highest BCUT2D eigenvalue weighted by molar-refractivity contribution is 7.98. The van der Waals surface area contributed by atoms with E-state index in [1.807, 2.05) is 0 Å². The van der Waals surface area contributed by atoms with Gasteiger partial charge in [-0.05, 0) is 6.42 Å². The lowest BCUT2D eigenvalue weighted by atomic mass is 10.4. The molecule has 0 atom stereocenters. The topological polar surface area (TPSA) is 29.5 Å². The Morgan fingerprint density at radius 1 is 1.70 bits per heavy atom. The number of thiol groups is 2. The maximum Gasteiger partial charge on any atom is 0.288 e. The van der Waals surface area contributed by atoms with Crippen LogP contribution in [-0.2, 0) is 4.74 Å². The van der Waals surface area contributed by atoms with Gasteiger partial charge in [0.2, 0.25) is 0 Å². The highest BCUT2D eigenvalue weighted by Crippen LogP contribution is 2.00. The zero-order valence-electron chi connectivity index (χ0n) is 5.78. The first-order chi connectivity index (χ1) is 4.68. The number of methoxy groups -OCH3 is 1. The molecule has 0 unspecified atom stereocenters. The van der Waals surface area contributed by atoms with Gasteiger partial charge in [0.25, 0.3) is 5.24 Å². The molecule has 0 aromatic carbocycles. The van der Waals surface area contributed by atoms with E-state index in [9.17, 15) is 4.79 Å². The standard InChI is InChI=1S/C5H11NO2S2/c1-8-4-2-3-6(10)5(7)9/h10H,2-4H2,1H3,(H,7,9). The van der Waals surface area contributed by atoms with Crippen molar-refractivity contribution in [2.24, 2.45) is 0 Å². The van der Waals surface area contributed by atoms with E-state index in [4.69, 9.17) is 4.74 Å². The van der Waals surface area contributed by atoms with E-state index in [2.05, 4.69) is 25.4 Å². The summed E-state index contributed by atoms with van der Waals surface area (Å²) in [5.74, 6) is 0. The number of nitrogens with zero attached hydrogens (tertiary/aromatic N) is 1. The summed E-state index contributed by atoms with van der Waals surface area (Å²) >= 11 is 7.41. The van der Waals surface area contributed by atoms with Gasteiger partial charge in [-0.2, -0.15) is 0 Å². The van der Waals surface area contributed by atoms with Crippen molar-refractivity contribution in [3.8, 4) is 0 Å². The lowest BCUT2D eigenvalue weighted by molar-refractivity contribution is 0.189. The molecule has 5 heteroatoms. The second-order valence-electron chi connectivity index (χ2n) is 1.75. The van der Waals surface area contributed by atoms with Gasteiger partial charge in [0.15, 0.2) is 0 Å². The molecule has 10 heavy (non-hydrogen) atoms. The molecule has 0 saturated carbocycles. The zero-order valence-corrected chi connectivity index (χ0v) is 7.57. The minimum Gasteiger partial charge on any atom is -0.385 e. The first-order valence-corrected chi connectivity index (χ1v) is 3.71. The van der Waals surface area contributed by atoms with Crippen molar-refractivity contribution in [3.63, 3.8) is 0 Å². The maximum atomic E-state index is 10.4. The summed E-state index contributed by atoms with van der Waals surface area (Å²) in [7, 11) is 1.62. The Morgan fingerprint density at radius 3 is 2.70 bits per heavy atom. The fraction of sp³-hybridized carbons (Fsp3) is 0.800. The van der Waals surface area contributed by atoms with Crippen molar-refractivity contribution in [2.45, 2.75) is 6.42 Å². The molecule has 0 aliphatic carbocycles. The van der Waals surface area contributed by atoms with Crippen LogP contribution in [0.3, 0.4) is 0 Å². The fourth-order valence-corrected chi connectivity index (χ4v) is 0.696. The Hall–Kier alpha value is 0.130. The fourth-order valence-electron chi connectivity index (χ4n) is 0.454. The van der Waals surface area contributed by atoms with Crippen molar-refractivity contribution in [1.82, 2.24) is 4.31 Å². The number of ether oxygens (including phenoxy) is 1. The summed E-state index contributed by atoms with van der Waals surface area (Å²) in [5, 5.41) is -0.334. The summed E-state index contributed by atoms with van der Waals surface area (Å²) in [6.45, 7) is 1.21. The quantitative estimate of drug-likeness (QED) is 0.504. The van der Waals surface area contributed by atoms with E-state index in [0.717, 1.165) is 6.42 Å². The van der Waals surface area contributed by atoms with E-state index >= 15 is 0 Å². The summed E-state index contributed by atoms with van der Waals surface area (Å²) < 4.78 is 6.01. The number of hydrogen-bond acceptors (Lipinski definition) is 3. The van der Waals surface area contributed by atoms with Gasteiger partial charge in [0.1, 0.15) is 0 Å². The van der Waals surface area contributed by atoms with Crippen LogP contribution in [0.15, 0.2) is 0 Å². The largest absolute Gasteiger partial charge is 0.385 e. The molecule has 0 rings (SSSR count). The lowest BCUT2D eigenvalue weighted by Crippen LogP contribution is -2.17. The third-order valence-electron chi connectivity index (χ3n) is 0.939. The van der Waals surface area contributed by atoms with Crippen molar-refractivity contribution in [2.75, 3.05) is 20.3 Å². The zero-order chi connectivity index (χ0) is 7.98. The second-order valence-corrected chi connectivity index (χ2v) is 2.62. The first kappa shape index (κ1) is 10.1. The number of amides is 1. The molecule has 0 radical (unpaired) electrons. The van der Waals surface area contributed by atoms with E-state index in [0.29, 0.717) is 13.2 Å². The molecule has 0 aromatic heterocycles. The Bertz CT molecular complexity index is 110. The molecule has 60 valence electrons. The number of hydrogen-bond donors (Lipinski definition) is 2. The van der Waals surface area contributed by atoms with Gasteiger partial charge in [-0.25, -0.2) is 0 Å². The number of carbonyl (C=O) groups excluding carboxylic acids is 1. The van der Waals surface area contributed by atoms with Gasteiger partial charge in [-0.1, -0.05) is 25.4 Å². The molecule has 1 amide bonds. The average Bonchev–Trinajstić information content (AvgIpc) is 1.88. The first-order valence-electron chi connectivity index (χ1n) is 2.86. The van der Waals surface area contributed by atoms with Crippen LogP contribution in [0.5, 0.6) is 0 Å². The van der Waals surface area contributed by atoms with Crippen LogP contribution in [0.1, 0.15) is 6.42 Å². The highest BCUT2D eigenvalue weighted by atomic mass is 32.1.